The Morgan fingerprint density at radius 1 is 1.41 bits per heavy atom. The number of rotatable bonds is 6. The van der Waals surface area contributed by atoms with Crippen LogP contribution in [-0.2, 0) is 15.6 Å². The summed E-state index contributed by atoms with van der Waals surface area (Å²) in [6.07, 6.45) is 1.92. The molecule has 94 valence electrons. The van der Waals surface area contributed by atoms with E-state index in [4.69, 9.17) is 5.73 Å². The highest BCUT2D eigenvalue weighted by atomic mass is 32.2. The topological polar surface area (TPSA) is 72.2 Å². The van der Waals surface area contributed by atoms with Crippen LogP contribution in [0.3, 0.4) is 0 Å². The zero-order chi connectivity index (χ0) is 12.7. The Balaban J connectivity index is 2.74. The maximum absolute atomic E-state index is 11.5. The van der Waals surface area contributed by atoms with Crippen LogP contribution in [0.1, 0.15) is 18.0 Å². The Morgan fingerprint density at radius 2 is 2.06 bits per heavy atom. The molecule has 1 aromatic rings. The van der Waals surface area contributed by atoms with E-state index in [2.05, 4.69) is 5.32 Å². The fourth-order valence-corrected chi connectivity index (χ4v) is 2.28. The number of amides is 1. The van der Waals surface area contributed by atoms with Gasteiger partial charge in [-0.1, -0.05) is 30.3 Å². The molecule has 1 amide bonds. The standard InChI is InChI=1S/C12H18N2O2S/c1-17(16)9-11(14-12(15)7-8-13)10-5-3-2-4-6-10/h2-6,11H,7-9,13H2,1H3,(H,14,15). The highest BCUT2D eigenvalue weighted by Crippen LogP contribution is 2.13. The minimum absolute atomic E-state index is 0.105. The lowest BCUT2D eigenvalue weighted by atomic mass is 10.1. The first kappa shape index (κ1) is 13.9. The van der Waals surface area contributed by atoms with Crippen molar-refractivity contribution in [3.8, 4) is 0 Å². The molecular formula is C12H18N2O2S. The summed E-state index contributed by atoms with van der Waals surface area (Å²) in [6, 6.07) is 9.33. The summed E-state index contributed by atoms with van der Waals surface area (Å²) in [5, 5.41) is 2.85. The smallest absolute Gasteiger partial charge is 0.221 e. The highest BCUT2D eigenvalue weighted by molar-refractivity contribution is 7.84. The molecule has 3 N–H and O–H groups in total. The van der Waals surface area contributed by atoms with E-state index in [-0.39, 0.29) is 11.9 Å². The molecule has 4 nitrogen and oxygen atoms in total. The van der Waals surface area contributed by atoms with Crippen LogP contribution in [0.2, 0.25) is 0 Å². The van der Waals surface area contributed by atoms with Crippen molar-refractivity contribution in [1.29, 1.82) is 0 Å². The van der Waals surface area contributed by atoms with Crippen molar-refractivity contribution in [3.05, 3.63) is 35.9 Å². The molecule has 0 radical (unpaired) electrons. The third kappa shape index (κ3) is 5.10. The molecule has 17 heavy (non-hydrogen) atoms. The number of hydrogen-bond acceptors (Lipinski definition) is 3. The molecule has 1 aromatic carbocycles. The van der Waals surface area contributed by atoms with Gasteiger partial charge in [0.05, 0.1) is 6.04 Å². The van der Waals surface area contributed by atoms with E-state index in [1.165, 1.54) is 0 Å². The Labute approximate surface area is 104 Å². The second-order valence-corrected chi connectivity index (χ2v) is 5.29. The van der Waals surface area contributed by atoms with Gasteiger partial charge < -0.3 is 11.1 Å². The molecule has 2 atom stereocenters. The van der Waals surface area contributed by atoms with Gasteiger partial charge in [0.2, 0.25) is 5.91 Å². The molecule has 2 unspecified atom stereocenters. The van der Waals surface area contributed by atoms with E-state index in [1.54, 1.807) is 6.26 Å². The fraction of sp³-hybridized carbons (Fsp3) is 0.417. The lowest BCUT2D eigenvalue weighted by molar-refractivity contribution is -0.121. The molecule has 0 aliphatic heterocycles. The number of benzene rings is 1. The summed E-state index contributed by atoms with van der Waals surface area (Å²) in [5.41, 5.74) is 6.29. The van der Waals surface area contributed by atoms with Crippen molar-refractivity contribution in [2.45, 2.75) is 12.5 Å². The third-order valence-electron chi connectivity index (χ3n) is 2.31. The van der Waals surface area contributed by atoms with Crippen LogP contribution >= 0.6 is 0 Å². The van der Waals surface area contributed by atoms with E-state index in [0.29, 0.717) is 18.7 Å². The Morgan fingerprint density at radius 3 is 2.59 bits per heavy atom. The van der Waals surface area contributed by atoms with E-state index < -0.39 is 10.8 Å². The Hall–Kier alpha value is -1.20. The molecule has 0 spiro atoms. The summed E-state index contributed by atoms with van der Waals surface area (Å²) in [4.78, 5) is 11.5. The van der Waals surface area contributed by atoms with Gasteiger partial charge in [-0.3, -0.25) is 9.00 Å². The summed E-state index contributed by atoms with van der Waals surface area (Å²) in [6.45, 7) is 0.322. The van der Waals surface area contributed by atoms with Crippen LogP contribution in [0.25, 0.3) is 0 Å². The average molecular weight is 254 g/mol. The second-order valence-electron chi connectivity index (χ2n) is 3.81. The Bertz CT molecular complexity index is 381. The van der Waals surface area contributed by atoms with Gasteiger partial charge in [-0.05, 0) is 5.56 Å². The Kier molecular flexibility index (Phi) is 5.86. The highest BCUT2D eigenvalue weighted by Gasteiger charge is 2.15. The second kappa shape index (κ2) is 7.19. The molecule has 0 saturated heterocycles. The molecule has 0 aliphatic rings. The van der Waals surface area contributed by atoms with Crippen LogP contribution in [0, 0.1) is 0 Å². The predicted octanol–water partition coefficient (Wildman–Crippen LogP) is 0.571. The average Bonchev–Trinajstić information content (AvgIpc) is 2.29. The van der Waals surface area contributed by atoms with Gasteiger partial charge in [0.1, 0.15) is 0 Å². The van der Waals surface area contributed by atoms with E-state index >= 15 is 0 Å². The SMILES string of the molecule is CS(=O)CC(NC(=O)CCN)c1ccccc1. The molecule has 0 saturated carbocycles. The van der Waals surface area contributed by atoms with Gasteiger partial charge in [-0.2, -0.15) is 0 Å². The van der Waals surface area contributed by atoms with Gasteiger partial charge >= 0.3 is 0 Å². The predicted molar refractivity (Wildman–Crippen MR) is 69.9 cm³/mol. The fourth-order valence-electron chi connectivity index (χ4n) is 1.54. The number of hydrogen-bond donors (Lipinski definition) is 2. The van der Waals surface area contributed by atoms with Crippen molar-refractivity contribution in [1.82, 2.24) is 5.32 Å². The molecule has 0 aromatic heterocycles. The van der Waals surface area contributed by atoms with Crippen molar-refractivity contribution < 1.29 is 9.00 Å². The first-order valence-electron chi connectivity index (χ1n) is 5.48. The maximum Gasteiger partial charge on any atom is 0.221 e. The van der Waals surface area contributed by atoms with E-state index in [0.717, 1.165) is 5.56 Å². The normalized spacial score (nSPS) is 14.0. The lowest BCUT2D eigenvalue weighted by Crippen LogP contribution is -2.32. The zero-order valence-electron chi connectivity index (χ0n) is 9.89. The minimum Gasteiger partial charge on any atom is -0.348 e. The lowest BCUT2D eigenvalue weighted by Gasteiger charge is -2.18. The number of carbonyl (C=O) groups is 1. The molecular weight excluding hydrogens is 236 g/mol. The molecule has 0 aliphatic carbocycles. The first-order chi connectivity index (χ1) is 8.13. The molecule has 0 heterocycles. The van der Waals surface area contributed by atoms with E-state index in [1.807, 2.05) is 30.3 Å². The summed E-state index contributed by atoms with van der Waals surface area (Å²) in [5.74, 6) is 0.312. The van der Waals surface area contributed by atoms with Gasteiger partial charge in [0.15, 0.2) is 0 Å². The molecule has 0 fully saturated rings. The van der Waals surface area contributed by atoms with Crippen molar-refractivity contribution in [2.24, 2.45) is 5.73 Å². The number of carbonyl (C=O) groups excluding carboxylic acids is 1. The summed E-state index contributed by atoms with van der Waals surface area (Å²) >= 11 is 0. The molecule has 1 rings (SSSR count). The van der Waals surface area contributed by atoms with Crippen molar-refractivity contribution in [3.63, 3.8) is 0 Å². The van der Waals surface area contributed by atoms with Crippen LogP contribution in [0.4, 0.5) is 0 Å². The van der Waals surface area contributed by atoms with Crippen LogP contribution in [0.5, 0.6) is 0 Å². The van der Waals surface area contributed by atoms with Crippen LogP contribution in [-0.4, -0.2) is 28.7 Å². The maximum atomic E-state index is 11.5. The van der Waals surface area contributed by atoms with Crippen LogP contribution < -0.4 is 11.1 Å². The molecule has 0 bridgehead atoms. The largest absolute Gasteiger partial charge is 0.348 e. The van der Waals surface area contributed by atoms with E-state index in [9.17, 15) is 9.00 Å². The third-order valence-corrected chi connectivity index (χ3v) is 3.11. The first-order valence-corrected chi connectivity index (χ1v) is 7.20. The van der Waals surface area contributed by atoms with Crippen LogP contribution in [0.15, 0.2) is 30.3 Å². The van der Waals surface area contributed by atoms with Gasteiger partial charge in [-0.25, -0.2) is 0 Å². The van der Waals surface area contributed by atoms with Crippen molar-refractivity contribution in [2.75, 3.05) is 18.6 Å². The summed E-state index contributed by atoms with van der Waals surface area (Å²) in [7, 11) is -0.962. The number of nitrogens with two attached hydrogens (primary N) is 1. The number of nitrogens with one attached hydrogen (secondary N) is 1. The molecule has 5 heteroatoms. The van der Waals surface area contributed by atoms with Crippen molar-refractivity contribution >= 4 is 16.7 Å². The van der Waals surface area contributed by atoms with Gasteiger partial charge in [0, 0.05) is 35.8 Å². The van der Waals surface area contributed by atoms with Gasteiger partial charge in [-0.15, -0.1) is 0 Å². The minimum atomic E-state index is -0.962. The quantitative estimate of drug-likeness (QED) is 0.779. The summed E-state index contributed by atoms with van der Waals surface area (Å²) < 4.78 is 11.3. The zero-order valence-corrected chi connectivity index (χ0v) is 10.7. The monoisotopic (exact) mass is 254 g/mol. The van der Waals surface area contributed by atoms with Gasteiger partial charge in [0.25, 0.3) is 0 Å².